The molecule has 0 saturated heterocycles. The Hall–Kier alpha value is -2.28. The van der Waals surface area contributed by atoms with Crippen molar-refractivity contribution < 1.29 is 4.74 Å². The number of rotatable bonds is 7. The predicted octanol–water partition coefficient (Wildman–Crippen LogP) is 2.88. The third kappa shape index (κ3) is 4.47. The second-order valence-corrected chi connectivity index (χ2v) is 4.31. The van der Waals surface area contributed by atoms with E-state index >= 15 is 0 Å². The lowest BCUT2D eigenvalue weighted by molar-refractivity contribution is 0.306. The molecule has 4 heteroatoms. The summed E-state index contributed by atoms with van der Waals surface area (Å²) >= 11 is 0. The number of unbranched alkanes of at least 4 members (excludes halogenated alkanes) is 1. The third-order valence-corrected chi connectivity index (χ3v) is 2.77. The van der Waals surface area contributed by atoms with Crippen LogP contribution in [0.1, 0.15) is 24.4 Å². The standard InChI is InChI=1S/C15H17N3O/c16-10-9-13-12-17-15(18-13)8-4-5-11-19-14-6-2-1-3-7-14/h1-3,6-7,12H,4-5,8-9,11H2,(H,17,18). The van der Waals surface area contributed by atoms with Gasteiger partial charge in [-0.2, -0.15) is 5.26 Å². The molecule has 0 radical (unpaired) electrons. The molecule has 19 heavy (non-hydrogen) atoms. The summed E-state index contributed by atoms with van der Waals surface area (Å²) in [7, 11) is 0. The minimum atomic E-state index is 0.393. The first kappa shape index (κ1) is 13.2. The van der Waals surface area contributed by atoms with E-state index in [0.29, 0.717) is 6.42 Å². The van der Waals surface area contributed by atoms with Gasteiger partial charge in [0.1, 0.15) is 11.6 Å². The van der Waals surface area contributed by atoms with Crippen molar-refractivity contribution in [2.24, 2.45) is 0 Å². The van der Waals surface area contributed by atoms with E-state index in [-0.39, 0.29) is 0 Å². The Morgan fingerprint density at radius 3 is 2.84 bits per heavy atom. The van der Waals surface area contributed by atoms with Gasteiger partial charge in [0.15, 0.2) is 0 Å². The van der Waals surface area contributed by atoms with Crippen LogP contribution in [0, 0.1) is 11.3 Å². The van der Waals surface area contributed by atoms with Crippen LogP contribution in [0.4, 0.5) is 0 Å². The Bertz CT molecular complexity index is 528. The van der Waals surface area contributed by atoms with Crippen LogP contribution in [0.2, 0.25) is 0 Å². The van der Waals surface area contributed by atoms with Gasteiger partial charge in [0.05, 0.1) is 19.1 Å². The summed E-state index contributed by atoms with van der Waals surface area (Å²) in [6.07, 6.45) is 5.03. The van der Waals surface area contributed by atoms with Crippen LogP contribution in [-0.4, -0.2) is 16.6 Å². The molecule has 0 saturated carbocycles. The van der Waals surface area contributed by atoms with Gasteiger partial charge in [0.2, 0.25) is 0 Å². The molecule has 0 amide bonds. The van der Waals surface area contributed by atoms with E-state index in [1.165, 1.54) is 0 Å². The zero-order chi connectivity index (χ0) is 13.3. The fourth-order valence-electron chi connectivity index (χ4n) is 1.81. The molecule has 0 unspecified atom stereocenters. The second kappa shape index (κ2) is 7.22. The quantitative estimate of drug-likeness (QED) is 0.774. The number of nitrogens with one attached hydrogen (secondary N) is 1. The van der Waals surface area contributed by atoms with Crippen molar-refractivity contribution in [3.63, 3.8) is 0 Å². The largest absolute Gasteiger partial charge is 0.494 e. The molecule has 4 nitrogen and oxygen atoms in total. The molecule has 0 fully saturated rings. The third-order valence-electron chi connectivity index (χ3n) is 2.77. The first-order valence-electron chi connectivity index (χ1n) is 6.46. The maximum absolute atomic E-state index is 8.57. The fraction of sp³-hybridized carbons (Fsp3) is 0.333. The van der Waals surface area contributed by atoms with Crippen LogP contribution in [0.15, 0.2) is 36.5 Å². The van der Waals surface area contributed by atoms with Crippen LogP contribution in [0.25, 0.3) is 0 Å². The molecule has 1 N–H and O–H groups in total. The summed E-state index contributed by atoms with van der Waals surface area (Å²) in [5.41, 5.74) is 0.887. The number of nitrogens with zero attached hydrogens (tertiary/aromatic N) is 2. The normalized spacial score (nSPS) is 10.1. The molecular formula is C15H17N3O. The van der Waals surface area contributed by atoms with E-state index in [1.54, 1.807) is 6.20 Å². The number of benzene rings is 1. The van der Waals surface area contributed by atoms with Gasteiger partial charge in [-0.3, -0.25) is 0 Å². The zero-order valence-electron chi connectivity index (χ0n) is 10.8. The van der Waals surface area contributed by atoms with Crippen molar-refractivity contribution in [3.05, 3.63) is 48.0 Å². The van der Waals surface area contributed by atoms with Gasteiger partial charge in [0.25, 0.3) is 0 Å². The summed E-state index contributed by atoms with van der Waals surface area (Å²) in [6, 6.07) is 11.9. The first-order chi connectivity index (χ1) is 9.38. The van der Waals surface area contributed by atoms with Crippen molar-refractivity contribution >= 4 is 0 Å². The molecule has 0 aliphatic rings. The molecule has 1 aromatic heterocycles. The number of hydrogen-bond donors (Lipinski definition) is 1. The summed E-state index contributed by atoms with van der Waals surface area (Å²) in [5.74, 6) is 1.86. The van der Waals surface area contributed by atoms with Gasteiger partial charge in [-0.05, 0) is 25.0 Å². The number of H-pyrrole nitrogens is 1. The average molecular weight is 255 g/mol. The van der Waals surface area contributed by atoms with Gasteiger partial charge < -0.3 is 9.72 Å². The van der Waals surface area contributed by atoms with Gasteiger partial charge in [-0.15, -0.1) is 0 Å². The minimum absolute atomic E-state index is 0.393. The number of para-hydroxylation sites is 1. The predicted molar refractivity (Wildman–Crippen MR) is 72.8 cm³/mol. The number of imidazole rings is 1. The van der Waals surface area contributed by atoms with E-state index in [0.717, 1.165) is 43.1 Å². The first-order valence-corrected chi connectivity index (χ1v) is 6.46. The highest BCUT2D eigenvalue weighted by Crippen LogP contribution is 2.09. The number of nitriles is 1. The van der Waals surface area contributed by atoms with E-state index in [1.807, 2.05) is 30.3 Å². The van der Waals surface area contributed by atoms with Crippen molar-refractivity contribution in [1.82, 2.24) is 9.97 Å². The van der Waals surface area contributed by atoms with E-state index in [2.05, 4.69) is 16.0 Å². The zero-order valence-corrected chi connectivity index (χ0v) is 10.8. The Balaban J connectivity index is 1.62. The Kier molecular flexibility index (Phi) is 5.00. The molecule has 0 bridgehead atoms. The monoisotopic (exact) mass is 255 g/mol. The topological polar surface area (TPSA) is 61.7 Å². The SMILES string of the molecule is N#CCc1cnc(CCCCOc2ccccc2)[nH]1. The summed E-state index contributed by atoms with van der Waals surface area (Å²) in [5, 5.41) is 8.57. The van der Waals surface area contributed by atoms with E-state index in [9.17, 15) is 0 Å². The lowest BCUT2D eigenvalue weighted by atomic mass is 10.2. The summed E-state index contributed by atoms with van der Waals surface area (Å²) in [6.45, 7) is 0.718. The van der Waals surface area contributed by atoms with Crippen LogP contribution in [-0.2, 0) is 12.8 Å². The Labute approximate surface area is 113 Å². The van der Waals surface area contributed by atoms with E-state index in [4.69, 9.17) is 10.00 Å². The van der Waals surface area contributed by atoms with Crippen LogP contribution in [0.3, 0.4) is 0 Å². The highest BCUT2D eigenvalue weighted by atomic mass is 16.5. The number of aromatic nitrogens is 2. The molecule has 0 atom stereocenters. The van der Waals surface area contributed by atoms with Crippen LogP contribution in [0.5, 0.6) is 5.75 Å². The molecule has 1 aromatic carbocycles. The highest BCUT2D eigenvalue weighted by Gasteiger charge is 2.00. The lowest BCUT2D eigenvalue weighted by Gasteiger charge is -2.04. The van der Waals surface area contributed by atoms with Crippen LogP contribution >= 0.6 is 0 Å². The van der Waals surface area contributed by atoms with Gasteiger partial charge in [-0.25, -0.2) is 4.98 Å². The number of aryl methyl sites for hydroxylation is 1. The molecular weight excluding hydrogens is 238 g/mol. The summed E-state index contributed by atoms with van der Waals surface area (Å²) < 4.78 is 5.61. The lowest BCUT2D eigenvalue weighted by Crippen LogP contribution is -1.98. The van der Waals surface area contributed by atoms with Crippen molar-refractivity contribution in [3.8, 4) is 11.8 Å². The molecule has 0 aliphatic carbocycles. The maximum atomic E-state index is 8.57. The molecule has 98 valence electrons. The molecule has 0 spiro atoms. The van der Waals surface area contributed by atoms with Gasteiger partial charge in [0, 0.05) is 18.3 Å². The molecule has 2 rings (SSSR count). The smallest absolute Gasteiger partial charge is 0.119 e. The number of hydrogen-bond acceptors (Lipinski definition) is 3. The molecule has 0 aliphatic heterocycles. The summed E-state index contributed by atoms with van der Waals surface area (Å²) in [4.78, 5) is 7.39. The Morgan fingerprint density at radius 1 is 1.21 bits per heavy atom. The molecule has 2 aromatic rings. The number of ether oxygens (including phenoxy) is 1. The van der Waals surface area contributed by atoms with Crippen molar-refractivity contribution in [2.45, 2.75) is 25.7 Å². The average Bonchev–Trinajstić information content (AvgIpc) is 2.88. The van der Waals surface area contributed by atoms with Gasteiger partial charge in [-0.1, -0.05) is 18.2 Å². The van der Waals surface area contributed by atoms with Gasteiger partial charge >= 0.3 is 0 Å². The fourth-order valence-corrected chi connectivity index (χ4v) is 1.81. The van der Waals surface area contributed by atoms with E-state index < -0.39 is 0 Å². The Morgan fingerprint density at radius 2 is 2.05 bits per heavy atom. The number of aromatic amines is 1. The molecule has 1 heterocycles. The van der Waals surface area contributed by atoms with Crippen molar-refractivity contribution in [1.29, 1.82) is 5.26 Å². The van der Waals surface area contributed by atoms with Crippen LogP contribution < -0.4 is 4.74 Å². The maximum Gasteiger partial charge on any atom is 0.119 e. The second-order valence-electron chi connectivity index (χ2n) is 4.31. The highest BCUT2D eigenvalue weighted by molar-refractivity contribution is 5.20. The minimum Gasteiger partial charge on any atom is -0.494 e. The van der Waals surface area contributed by atoms with Crippen molar-refractivity contribution in [2.75, 3.05) is 6.61 Å².